The fourth-order valence-corrected chi connectivity index (χ4v) is 2.99. The highest BCUT2D eigenvalue weighted by atomic mass is 35.5. The third-order valence-corrected chi connectivity index (χ3v) is 3.88. The van der Waals surface area contributed by atoms with Gasteiger partial charge in [0.2, 0.25) is 0 Å². The molecule has 2 unspecified atom stereocenters. The molecule has 1 heterocycles. The van der Waals surface area contributed by atoms with E-state index in [1.54, 1.807) is 0 Å². The Balaban J connectivity index is 2.13. The van der Waals surface area contributed by atoms with Crippen molar-refractivity contribution in [2.24, 2.45) is 0 Å². The molecule has 1 aliphatic rings. The first-order valence-corrected chi connectivity index (χ1v) is 6.41. The largest absolute Gasteiger partial charge is 0.224 e. The van der Waals surface area contributed by atoms with Crippen LogP contribution in [0.2, 0.25) is 0 Å². The van der Waals surface area contributed by atoms with Crippen LogP contribution >= 0.6 is 23.1 Å². The molecule has 1 aromatic heterocycles. The first-order valence-electron chi connectivity index (χ1n) is 5.20. The van der Waals surface area contributed by atoms with Crippen molar-refractivity contribution in [1.82, 2.24) is 9.36 Å². The monoisotopic (exact) mass is 230 g/mol. The fourth-order valence-electron chi connectivity index (χ4n) is 1.60. The lowest BCUT2D eigenvalue weighted by Gasteiger charge is -2.12. The molecule has 0 saturated heterocycles. The molecule has 2 atom stereocenters. The second-order valence-corrected chi connectivity index (χ2v) is 5.43. The second-order valence-electron chi connectivity index (χ2n) is 3.96. The predicted octanol–water partition coefficient (Wildman–Crippen LogP) is 3.54. The molecule has 14 heavy (non-hydrogen) atoms. The highest BCUT2D eigenvalue weighted by Gasteiger charge is 2.29. The first kappa shape index (κ1) is 10.4. The maximum Gasteiger partial charge on any atom is 0.145 e. The molecule has 1 saturated carbocycles. The maximum atomic E-state index is 6.12. The van der Waals surface area contributed by atoms with Crippen molar-refractivity contribution in [2.45, 2.75) is 50.3 Å². The Labute approximate surface area is 93.9 Å². The van der Waals surface area contributed by atoms with Crippen molar-refractivity contribution in [1.29, 1.82) is 0 Å². The van der Waals surface area contributed by atoms with E-state index in [-0.39, 0.29) is 5.38 Å². The van der Waals surface area contributed by atoms with Crippen molar-refractivity contribution < 1.29 is 0 Å². The van der Waals surface area contributed by atoms with Crippen LogP contribution in [0.15, 0.2) is 0 Å². The van der Waals surface area contributed by atoms with Crippen LogP contribution in [0.4, 0.5) is 0 Å². The Morgan fingerprint density at radius 3 is 2.79 bits per heavy atom. The quantitative estimate of drug-likeness (QED) is 0.740. The van der Waals surface area contributed by atoms with Crippen LogP contribution in [-0.2, 0) is 0 Å². The summed E-state index contributed by atoms with van der Waals surface area (Å²) < 4.78 is 4.40. The SMILES string of the molecule is CCC(c1nc(C2CC2)ns1)C(C)Cl. The Hall–Kier alpha value is -0.150. The molecule has 0 radical (unpaired) electrons. The van der Waals surface area contributed by atoms with Gasteiger partial charge in [-0.1, -0.05) is 6.92 Å². The van der Waals surface area contributed by atoms with Gasteiger partial charge in [-0.3, -0.25) is 0 Å². The molecule has 0 spiro atoms. The van der Waals surface area contributed by atoms with Gasteiger partial charge >= 0.3 is 0 Å². The lowest BCUT2D eigenvalue weighted by Crippen LogP contribution is -2.07. The minimum Gasteiger partial charge on any atom is -0.224 e. The smallest absolute Gasteiger partial charge is 0.145 e. The Morgan fingerprint density at radius 2 is 2.29 bits per heavy atom. The van der Waals surface area contributed by atoms with Crippen LogP contribution < -0.4 is 0 Å². The highest BCUT2D eigenvalue weighted by molar-refractivity contribution is 7.05. The van der Waals surface area contributed by atoms with E-state index in [0.29, 0.717) is 11.8 Å². The van der Waals surface area contributed by atoms with Crippen LogP contribution in [0.25, 0.3) is 0 Å². The van der Waals surface area contributed by atoms with Crippen molar-refractivity contribution in [3.63, 3.8) is 0 Å². The molecular formula is C10H15ClN2S. The molecule has 0 aromatic carbocycles. The van der Waals surface area contributed by atoms with Gasteiger partial charge in [0.25, 0.3) is 0 Å². The third-order valence-electron chi connectivity index (χ3n) is 2.71. The Morgan fingerprint density at radius 1 is 1.57 bits per heavy atom. The lowest BCUT2D eigenvalue weighted by atomic mass is 10.0. The molecule has 4 heteroatoms. The summed E-state index contributed by atoms with van der Waals surface area (Å²) in [6.07, 6.45) is 3.58. The van der Waals surface area contributed by atoms with Gasteiger partial charge in [0.15, 0.2) is 0 Å². The van der Waals surface area contributed by atoms with Gasteiger partial charge in [0, 0.05) is 17.2 Å². The van der Waals surface area contributed by atoms with Crippen molar-refractivity contribution in [3.8, 4) is 0 Å². The lowest BCUT2D eigenvalue weighted by molar-refractivity contribution is 0.642. The third kappa shape index (κ3) is 2.09. The Kier molecular flexibility index (Phi) is 3.07. The van der Waals surface area contributed by atoms with Crippen LogP contribution in [-0.4, -0.2) is 14.7 Å². The average molecular weight is 231 g/mol. The summed E-state index contributed by atoms with van der Waals surface area (Å²) in [5, 5.41) is 1.27. The molecule has 1 aliphatic carbocycles. The number of rotatable bonds is 4. The topological polar surface area (TPSA) is 25.8 Å². The molecule has 2 nitrogen and oxygen atoms in total. The zero-order valence-corrected chi connectivity index (χ0v) is 10.1. The minimum absolute atomic E-state index is 0.153. The van der Waals surface area contributed by atoms with Crippen molar-refractivity contribution in [2.75, 3.05) is 0 Å². The second kappa shape index (κ2) is 4.15. The number of hydrogen-bond acceptors (Lipinski definition) is 3. The van der Waals surface area contributed by atoms with E-state index in [1.165, 1.54) is 24.4 Å². The summed E-state index contributed by atoms with van der Waals surface area (Å²) in [5.41, 5.74) is 0. The normalized spacial score (nSPS) is 20.8. The van der Waals surface area contributed by atoms with Crippen LogP contribution in [0.1, 0.15) is 55.8 Å². The zero-order chi connectivity index (χ0) is 10.1. The molecule has 0 amide bonds. The van der Waals surface area contributed by atoms with Gasteiger partial charge in [-0.25, -0.2) is 4.98 Å². The molecule has 0 aliphatic heterocycles. The van der Waals surface area contributed by atoms with E-state index < -0.39 is 0 Å². The molecule has 2 rings (SSSR count). The predicted molar refractivity (Wildman–Crippen MR) is 60.2 cm³/mol. The first-order chi connectivity index (χ1) is 6.72. The summed E-state index contributed by atoms with van der Waals surface area (Å²) in [4.78, 5) is 4.59. The summed E-state index contributed by atoms with van der Waals surface area (Å²) in [6.45, 7) is 4.19. The zero-order valence-electron chi connectivity index (χ0n) is 8.53. The summed E-state index contributed by atoms with van der Waals surface area (Å²) >= 11 is 7.66. The number of aromatic nitrogens is 2. The van der Waals surface area contributed by atoms with Gasteiger partial charge in [0.05, 0.1) is 0 Å². The van der Waals surface area contributed by atoms with Crippen LogP contribution in [0, 0.1) is 0 Å². The summed E-state index contributed by atoms with van der Waals surface area (Å²) in [5.74, 6) is 2.09. The van der Waals surface area contributed by atoms with Gasteiger partial charge in [-0.15, -0.1) is 11.6 Å². The summed E-state index contributed by atoms with van der Waals surface area (Å²) in [7, 11) is 0. The van der Waals surface area contributed by atoms with Crippen LogP contribution in [0.3, 0.4) is 0 Å². The highest BCUT2D eigenvalue weighted by Crippen LogP contribution is 2.40. The van der Waals surface area contributed by atoms with Gasteiger partial charge in [-0.05, 0) is 37.7 Å². The number of nitrogens with zero attached hydrogens (tertiary/aromatic N) is 2. The molecule has 1 aromatic rings. The molecule has 1 fully saturated rings. The van der Waals surface area contributed by atoms with E-state index in [1.807, 2.05) is 6.92 Å². The fraction of sp³-hybridized carbons (Fsp3) is 0.800. The van der Waals surface area contributed by atoms with E-state index >= 15 is 0 Å². The molecule has 0 N–H and O–H groups in total. The van der Waals surface area contributed by atoms with Gasteiger partial charge in [0.1, 0.15) is 10.8 Å². The molecule has 78 valence electrons. The van der Waals surface area contributed by atoms with Crippen molar-refractivity contribution >= 4 is 23.1 Å². The number of hydrogen-bond donors (Lipinski definition) is 0. The minimum atomic E-state index is 0.153. The van der Waals surface area contributed by atoms with E-state index in [9.17, 15) is 0 Å². The number of halogens is 1. The maximum absolute atomic E-state index is 6.12. The Bertz CT molecular complexity index is 307. The number of alkyl halides is 1. The van der Waals surface area contributed by atoms with Crippen LogP contribution in [0.5, 0.6) is 0 Å². The van der Waals surface area contributed by atoms with Gasteiger partial charge < -0.3 is 0 Å². The molecular weight excluding hydrogens is 216 g/mol. The van der Waals surface area contributed by atoms with E-state index in [0.717, 1.165) is 17.3 Å². The van der Waals surface area contributed by atoms with Gasteiger partial charge in [-0.2, -0.15) is 4.37 Å². The standard InChI is InChI=1S/C10H15ClN2S/c1-3-8(6(2)11)10-12-9(13-14-10)7-4-5-7/h6-8H,3-5H2,1-2H3. The van der Waals surface area contributed by atoms with E-state index in [4.69, 9.17) is 11.6 Å². The molecule has 0 bridgehead atoms. The van der Waals surface area contributed by atoms with E-state index in [2.05, 4.69) is 16.3 Å². The van der Waals surface area contributed by atoms with Crippen molar-refractivity contribution in [3.05, 3.63) is 10.8 Å². The average Bonchev–Trinajstić information content (AvgIpc) is 2.88. The summed E-state index contributed by atoms with van der Waals surface area (Å²) in [6, 6.07) is 0.